The smallest absolute Gasteiger partial charge is 0.174 e. The summed E-state index contributed by atoms with van der Waals surface area (Å²) in [7, 11) is 4.08. The maximum atomic E-state index is 6.62. The van der Waals surface area contributed by atoms with Gasteiger partial charge in [0.2, 0.25) is 0 Å². The van der Waals surface area contributed by atoms with E-state index in [2.05, 4.69) is 0 Å². The fourth-order valence-electron chi connectivity index (χ4n) is 4.41. The second-order valence-electron chi connectivity index (χ2n) is 9.04. The fraction of sp³-hybridized carbons (Fsp3) is 0.0968. The van der Waals surface area contributed by atoms with Crippen LogP contribution in [0, 0.1) is 0 Å². The first kappa shape index (κ1) is 29.2. The van der Waals surface area contributed by atoms with Gasteiger partial charge in [0.1, 0.15) is 0 Å². The third-order valence-electron chi connectivity index (χ3n) is 6.17. The van der Waals surface area contributed by atoms with Crippen LogP contribution >= 0.6 is 46.4 Å². The van der Waals surface area contributed by atoms with Crippen molar-refractivity contribution in [1.82, 2.24) is 0 Å². The van der Waals surface area contributed by atoms with Crippen LogP contribution in [-0.4, -0.2) is 14.6 Å². The number of halogens is 4. The van der Waals surface area contributed by atoms with Crippen LogP contribution in [0.3, 0.4) is 0 Å². The highest BCUT2D eigenvalue weighted by Crippen LogP contribution is 2.30. The van der Waals surface area contributed by atoms with Crippen LogP contribution < -0.4 is 11.5 Å². The molecule has 0 aliphatic rings. The molecule has 2 radical (unpaired) electrons. The van der Waals surface area contributed by atoms with Gasteiger partial charge in [-0.2, -0.15) is 0 Å². The van der Waals surface area contributed by atoms with Crippen LogP contribution in [0.25, 0.3) is 11.1 Å². The minimum Gasteiger partial charge on any atom is -0.410 e. The number of nitrogens with two attached hydrogens (primary N) is 2. The summed E-state index contributed by atoms with van der Waals surface area (Å²) in [5, 5.41) is 2.58. The first-order valence-corrected chi connectivity index (χ1v) is 14.0. The lowest BCUT2D eigenvalue weighted by Crippen LogP contribution is -2.13. The molecule has 0 aliphatic carbocycles. The predicted octanol–water partition coefficient (Wildman–Crippen LogP) is 8.99. The Kier molecular flexibility index (Phi) is 10.5. The predicted molar refractivity (Wildman–Crippen MR) is 172 cm³/mol. The van der Waals surface area contributed by atoms with Crippen LogP contribution in [-0.2, 0) is 0 Å². The molecule has 8 heteroatoms. The van der Waals surface area contributed by atoms with E-state index in [1.807, 2.05) is 112 Å². The molecular formula is C31H26B2Cl4N2. The molecule has 0 spiro atoms. The van der Waals surface area contributed by atoms with E-state index in [0.29, 0.717) is 31.3 Å². The summed E-state index contributed by atoms with van der Waals surface area (Å²) < 4.78 is 0. The van der Waals surface area contributed by atoms with E-state index in [4.69, 9.17) is 57.9 Å². The van der Waals surface area contributed by atoms with Gasteiger partial charge in [0.05, 0.1) is 0 Å². The lowest BCUT2D eigenvalue weighted by Gasteiger charge is -2.15. The van der Waals surface area contributed by atoms with Gasteiger partial charge in [-0.1, -0.05) is 114 Å². The standard InChI is InChI=1S/C31H26B2Cl4N2/c34-24-10-1-6-20(16-24)28(21-7-2-11-25(35)17-21)30(38)32-14-5-15-33-31(39)29(22-8-3-12-26(36)18-22)23-9-4-13-27(37)19-23/h1-4,6-13,16-19H,5,14-15,38-39H2. The van der Waals surface area contributed by atoms with Crippen molar-refractivity contribution in [3.05, 3.63) is 151 Å². The quantitative estimate of drug-likeness (QED) is 0.143. The van der Waals surface area contributed by atoms with Gasteiger partial charge in [-0.25, -0.2) is 0 Å². The van der Waals surface area contributed by atoms with Crippen molar-refractivity contribution in [1.29, 1.82) is 0 Å². The number of hydrogen-bond donors (Lipinski definition) is 2. The summed E-state index contributed by atoms with van der Waals surface area (Å²) >= 11 is 25.1. The SMILES string of the molecule is NC([B]CCC[B]C(N)=C(c1cccc(Cl)c1)c1cccc(Cl)c1)=C(c1cccc(Cl)c1)c1cccc(Cl)c1. The van der Waals surface area contributed by atoms with Crippen molar-refractivity contribution in [2.75, 3.05) is 0 Å². The summed E-state index contributed by atoms with van der Waals surface area (Å²) in [6, 6.07) is 30.6. The van der Waals surface area contributed by atoms with Crippen LogP contribution in [0.2, 0.25) is 32.7 Å². The molecule has 4 aromatic rings. The van der Waals surface area contributed by atoms with Crippen LogP contribution in [0.4, 0.5) is 0 Å². The largest absolute Gasteiger partial charge is 0.410 e. The van der Waals surface area contributed by atoms with Crippen molar-refractivity contribution in [3.8, 4) is 0 Å². The zero-order valence-electron chi connectivity index (χ0n) is 21.2. The van der Waals surface area contributed by atoms with Crippen LogP contribution in [0.5, 0.6) is 0 Å². The third-order valence-corrected chi connectivity index (χ3v) is 7.11. The molecule has 0 fully saturated rings. The Morgan fingerprint density at radius 2 is 0.769 bits per heavy atom. The molecule has 39 heavy (non-hydrogen) atoms. The van der Waals surface area contributed by atoms with Crippen molar-refractivity contribution in [2.24, 2.45) is 11.5 Å². The Morgan fingerprint density at radius 3 is 1.03 bits per heavy atom. The highest BCUT2D eigenvalue weighted by Gasteiger charge is 2.14. The zero-order chi connectivity index (χ0) is 27.8. The van der Waals surface area contributed by atoms with Gasteiger partial charge in [-0.15, -0.1) is 0 Å². The number of rotatable bonds is 10. The van der Waals surface area contributed by atoms with Gasteiger partial charge in [0, 0.05) is 20.1 Å². The summed E-state index contributed by atoms with van der Waals surface area (Å²) in [5.41, 5.74) is 20.1. The highest BCUT2D eigenvalue weighted by atomic mass is 35.5. The van der Waals surface area contributed by atoms with Gasteiger partial charge in [0.25, 0.3) is 0 Å². The van der Waals surface area contributed by atoms with Crippen molar-refractivity contribution < 1.29 is 0 Å². The molecule has 0 aliphatic heterocycles. The van der Waals surface area contributed by atoms with Crippen molar-refractivity contribution in [2.45, 2.75) is 19.1 Å². The normalized spacial score (nSPS) is 10.6. The number of benzene rings is 4. The Bertz CT molecular complexity index is 1310. The molecule has 0 atom stereocenters. The number of hydrogen-bond acceptors (Lipinski definition) is 2. The van der Waals surface area contributed by atoms with E-state index in [0.717, 1.165) is 52.5 Å². The molecule has 0 aromatic heterocycles. The fourth-order valence-corrected chi connectivity index (χ4v) is 5.17. The first-order valence-electron chi connectivity index (χ1n) is 12.5. The van der Waals surface area contributed by atoms with Crippen LogP contribution in [0.1, 0.15) is 28.7 Å². The third kappa shape index (κ3) is 8.13. The lowest BCUT2D eigenvalue weighted by molar-refractivity contribution is 1.06. The molecule has 4 rings (SSSR count). The Hall–Kier alpha value is -2.75. The van der Waals surface area contributed by atoms with E-state index in [9.17, 15) is 0 Å². The van der Waals surface area contributed by atoms with E-state index >= 15 is 0 Å². The zero-order valence-corrected chi connectivity index (χ0v) is 24.2. The molecule has 0 saturated carbocycles. The van der Waals surface area contributed by atoms with Crippen molar-refractivity contribution >= 4 is 72.1 Å². The van der Waals surface area contributed by atoms with Gasteiger partial charge in [0.15, 0.2) is 14.6 Å². The minimum atomic E-state index is 0.645. The van der Waals surface area contributed by atoms with Crippen LogP contribution in [0.15, 0.2) is 108 Å². The molecule has 4 N–H and O–H groups in total. The highest BCUT2D eigenvalue weighted by molar-refractivity contribution is 6.49. The first-order chi connectivity index (χ1) is 18.8. The van der Waals surface area contributed by atoms with Gasteiger partial charge in [-0.3, -0.25) is 0 Å². The summed E-state index contributed by atoms with van der Waals surface area (Å²) in [4.78, 5) is 0. The van der Waals surface area contributed by atoms with E-state index in [-0.39, 0.29) is 0 Å². The molecular weight excluding hydrogens is 564 g/mol. The Labute approximate surface area is 252 Å². The second-order valence-corrected chi connectivity index (χ2v) is 10.8. The van der Waals surface area contributed by atoms with Gasteiger partial charge < -0.3 is 11.5 Å². The molecule has 194 valence electrons. The summed E-state index contributed by atoms with van der Waals surface area (Å²) in [6.45, 7) is 0. The molecule has 0 heterocycles. The lowest BCUT2D eigenvalue weighted by atomic mass is 9.61. The Morgan fingerprint density at radius 1 is 0.487 bits per heavy atom. The second kappa shape index (κ2) is 14.1. The monoisotopic (exact) mass is 588 g/mol. The average Bonchev–Trinajstić information content (AvgIpc) is 2.89. The molecule has 0 amide bonds. The minimum absolute atomic E-state index is 0.645. The van der Waals surface area contributed by atoms with E-state index < -0.39 is 0 Å². The summed E-state index contributed by atoms with van der Waals surface area (Å²) in [5.74, 6) is 0. The summed E-state index contributed by atoms with van der Waals surface area (Å²) in [6.07, 6.45) is 2.39. The van der Waals surface area contributed by atoms with Gasteiger partial charge in [-0.05, 0) is 93.1 Å². The molecule has 0 saturated heterocycles. The Balaban J connectivity index is 1.50. The maximum Gasteiger partial charge on any atom is 0.174 e. The maximum absolute atomic E-state index is 6.62. The van der Waals surface area contributed by atoms with E-state index in [1.165, 1.54) is 0 Å². The van der Waals surface area contributed by atoms with Crippen molar-refractivity contribution in [3.63, 3.8) is 0 Å². The molecule has 4 aromatic carbocycles. The van der Waals surface area contributed by atoms with E-state index in [1.54, 1.807) is 0 Å². The molecule has 2 nitrogen and oxygen atoms in total. The topological polar surface area (TPSA) is 52.0 Å². The molecule has 0 unspecified atom stereocenters. The average molecular weight is 590 g/mol. The molecule has 0 bridgehead atoms. The van der Waals surface area contributed by atoms with Gasteiger partial charge >= 0.3 is 0 Å².